The normalized spacial score (nSPS) is 17.4. The predicted octanol–water partition coefficient (Wildman–Crippen LogP) is 1.24. The largest absolute Gasteiger partial charge is 0.465 e. The van der Waals surface area contributed by atoms with E-state index in [0.29, 0.717) is 13.0 Å². The van der Waals surface area contributed by atoms with Gasteiger partial charge in [0, 0.05) is 6.04 Å². The lowest BCUT2D eigenvalue weighted by Crippen LogP contribution is -2.51. The zero-order valence-corrected chi connectivity index (χ0v) is 12.6. The molecule has 0 aromatic carbocycles. The van der Waals surface area contributed by atoms with Crippen LogP contribution in [0.15, 0.2) is 0 Å². The third kappa shape index (κ3) is 3.65. The molecule has 1 amide bonds. The van der Waals surface area contributed by atoms with E-state index in [1.54, 1.807) is 18.7 Å². The van der Waals surface area contributed by atoms with E-state index < -0.39 is 5.41 Å². The number of amides is 1. The summed E-state index contributed by atoms with van der Waals surface area (Å²) in [4.78, 5) is 26.0. The van der Waals surface area contributed by atoms with E-state index in [1.165, 1.54) is 0 Å². The Balaban J connectivity index is 2.84. The maximum atomic E-state index is 12.6. The van der Waals surface area contributed by atoms with E-state index in [-0.39, 0.29) is 29.5 Å². The molecule has 0 aromatic heterocycles. The Kier molecular flexibility index (Phi) is 5.29. The van der Waals surface area contributed by atoms with Crippen LogP contribution in [0.1, 0.15) is 40.0 Å². The van der Waals surface area contributed by atoms with Gasteiger partial charge in [-0.3, -0.25) is 9.59 Å². The van der Waals surface area contributed by atoms with Crippen LogP contribution in [0.25, 0.3) is 0 Å². The molecule has 1 aliphatic rings. The summed E-state index contributed by atoms with van der Waals surface area (Å²) in [6.07, 6.45) is 2.36. The van der Waals surface area contributed by atoms with Gasteiger partial charge < -0.3 is 15.4 Å². The van der Waals surface area contributed by atoms with Crippen LogP contribution in [-0.4, -0.2) is 41.0 Å². The van der Waals surface area contributed by atoms with Gasteiger partial charge in [-0.25, -0.2) is 0 Å². The third-order valence-electron chi connectivity index (χ3n) is 3.58. The SMILES string of the molecule is CCOC(=O)CN(C(=O)C(C)(CC)C(N)=S)C1CC1. The van der Waals surface area contributed by atoms with Crippen LogP contribution in [0, 0.1) is 5.41 Å². The van der Waals surface area contributed by atoms with Crippen molar-refractivity contribution in [2.45, 2.75) is 46.1 Å². The Morgan fingerprint density at radius 3 is 2.37 bits per heavy atom. The van der Waals surface area contributed by atoms with Gasteiger partial charge in [-0.1, -0.05) is 19.1 Å². The number of nitrogens with two attached hydrogens (primary N) is 1. The minimum atomic E-state index is -0.885. The molecular weight excluding hydrogens is 264 g/mol. The quantitative estimate of drug-likeness (QED) is 0.563. The molecule has 0 saturated heterocycles. The molecule has 0 radical (unpaired) electrons. The first-order valence-corrected chi connectivity index (χ1v) is 7.04. The molecule has 1 saturated carbocycles. The number of carbonyl (C=O) groups is 2. The topological polar surface area (TPSA) is 72.6 Å². The Bertz CT molecular complexity index is 382. The van der Waals surface area contributed by atoms with Gasteiger partial charge in [0.15, 0.2) is 0 Å². The number of hydrogen-bond donors (Lipinski definition) is 1. The summed E-state index contributed by atoms with van der Waals surface area (Å²) >= 11 is 5.01. The fourth-order valence-corrected chi connectivity index (χ4v) is 2.08. The van der Waals surface area contributed by atoms with Gasteiger partial charge in [0.25, 0.3) is 0 Å². The number of esters is 1. The van der Waals surface area contributed by atoms with Gasteiger partial charge in [0.05, 0.1) is 17.0 Å². The number of thiocarbonyl (C=S) groups is 1. The van der Waals surface area contributed by atoms with Crippen LogP contribution in [0.2, 0.25) is 0 Å². The van der Waals surface area contributed by atoms with Crippen LogP contribution in [0.3, 0.4) is 0 Å². The Morgan fingerprint density at radius 1 is 1.42 bits per heavy atom. The van der Waals surface area contributed by atoms with Crippen molar-refractivity contribution in [1.82, 2.24) is 4.90 Å². The van der Waals surface area contributed by atoms with Gasteiger partial charge in [-0.05, 0) is 33.1 Å². The number of hydrogen-bond acceptors (Lipinski definition) is 4. The van der Waals surface area contributed by atoms with E-state index in [0.717, 1.165) is 12.8 Å². The van der Waals surface area contributed by atoms with E-state index >= 15 is 0 Å². The first-order chi connectivity index (χ1) is 8.86. The van der Waals surface area contributed by atoms with Gasteiger partial charge >= 0.3 is 5.97 Å². The summed E-state index contributed by atoms with van der Waals surface area (Å²) < 4.78 is 4.91. The summed E-state index contributed by atoms with van der Waals surface area (Å²) in [6.45, 7) is 5.64. The lowest BCUT2D eigenvalue weighted by atomic mass is 9.85. The van der Waals surface area contributed by atoms with Crippen molar-refractivity contribution >= 4 is 29.1 Å². The van der Waals surface area contributed by atoms with Gasteiger partial charge in [-0.15, -0.1) is 0 Å². The molecule has 1 fully saturated rings. The summed E-state index contributed by atoms with van der Waals surface area (Å²) in [6, 6.07) is 0.122. The molecule has 0 bridgehead atoms. The molecule has 6 heteroatoms. The fourth-order valence-electron chi connectivity index (χ4n) is 1.85. The summed E-state index contributed by atoms with van der Waals surface area (Å²) in [5.41, 5.74) is 4.81. The van der Waals surface area contributed by atoms with Crippen LogP contribution in [0.4, 0.5) is 0 Å². The lowest BCUT2D eigenvalue weighted by molar-refractivity contribution is -0.151. The fraction of sp³-hybridized carbons (Fsp3) is 0.769. The van der Waals surface area contributed by atoms with Gasteiger partial charge in [-0.2, -0.15) is 0 Å². The summed E-state index contributed by atoms with van der Waals surface area (Å²) in [5, 5.41) is 0. The smallest absolute Gasteiger partial charge is 0.325 e. The average molecular weight is 286 g/mol. The van der Waals surface area contributed by atoms with Crippen molar-refractivity contribution < 1.29 is 14.3 Å². The molecule has 1 rings (SSSR count). The molecule has 1 aliphatic carbocycles. The van der Waals surface area contributed by atoms with E-state index in [9.17, 15) is 9.59 Å². The minimum Gasteiger partial charge on any atom is -0.465 e. The zero-order chi connectivity index (χ0) is 14.6. The molecule has 0 aromatic rings. The van der Waals surface area contributed by atoms with E-state index in [2.05, 4.69) is 0 Å². The Hall–Kier alpha value is -1.17. The van der Waals surface area contributed by atoms with Gasteiger partial charge in [0.1, 0.15) is 6.54 Å². The molecule has 19 heavy (non-hydrogen) atoms. The van der Waals surface area contributed by atoms with E-state index in [4.69, 9.17) is 22.7 Å². The van der Waals surface area contributed by atoms with Crippen molar-refractivity contribution in [1.29, 1.82) is 0 Å². The van der Waals surface area contributed by atoms with Crippen LogP contribution in [-0.2, 0) is 14.3 Å². The number of nitrogens with zero attached hydrogens (tertiary/aromatic N) is 1. The Morgan fingerprint density at radius 2 is 2.00 bits per heavy atom. The maximum absolute atomic E-state index is 12.6. The number of rotatable bonds is 7. The number of ether oxygens (including phenoxy) is 1. The molecule has 5 nitrogen and oxygen atoms in total. The van der Waals surface area contributed by atoms with Crippen molar-refractivity contribution in [3.63, 3.8) is 0 Å². The standard InChI is InChI=1S/C13H22N2O3S/c1-4-13(3,11(14)19)12(17)15(9-6-7-9)8-10(16)18-5-2/h9H,4-8H2,1-3H3,(H2,14,19). The second-order valence-electron chi connectivity index (χ2n) is 5.02. The van der Waals surface area contributed by atoms with Crippen LogP contribution >= 0.6 is 12.2 Å². The second kappa shape index (κ2) is 6.32. The zero-order valence-electron chi connectivity index (χ0n) is 11.8. The highest BCUT2D eigenvalue weighted by molar-refractivity contribution is 7.80. The molecule has 0 aliphatic heterocycles. The average Bonchev–Trinajstić information content (AvgIpc) is 3.18. The number of carbonyl (C=O) groups excluding carboxylic acids is 2. The lowest BCUT2D eigenvalue weighted by Gasteiger charge is -2.32. The van der Waals surface area contributed by atoms with Crippen molar-refractivity contribution in [2.24, 2.45) is 11.1 Å². The summed E-state index contributed by atoms with van der Waals surface area (Å²) in [7, 11) is 0. The molecule has 0 heterocycles. The highest BCUT2D eigenvalue weighted by Gasteiger charge is 2.43. The Labute approximate surface area is 119 Å². The van der Waals surface area contributed by atoms with Crippen molar-refractivity contribution in [3.05, 3.63) is 0 Å². The highest BCUT2D eigenvalue weighted by atomic mass is 32.1. The maximum Gasteiger partial charge on any atom is 0.325 e. The third-order valence-corrected chi connectivity index (χ3v) is 4.03. The molecule has 1 unspecified atom stereocenters. The predicted molar refractivity (Wildman–Crippen MR) is 76.6 cm³/mol. The molecule has 0 spiro atoms. The second-order valence-corrected chi connectivity index (χ2v) is 5.46. The van der Waals surface area contributed by atoms with Crippen LogP contribution < -0.4 is 5.73 Å². The van der Waals surface area contributed by atoms with Crippen LogP contribution in [0.5, 0.6) is 0 Å². The first kappa shape index (κ1) is 15.9. The molecule has 1 atom stereocenters. The monoisotopic (exact) mass is 286 g/mol. The minimum absolute atomic E-state index is 0.0183. The van der Waals surface area contributed by atoms with Gasteiger partial charge in [0.2, 0.25) is 5.91 Å². The van der Waals surface area contributed by atoms with E-state index in [1.807, 2.05) is 6.92 Å². The molecule has 108 valence electrons. The summed E-state index contributed by atoms with van der Waals surface area (Å²) in [5.74, 6) is -0.554. The van der Waals surface area contributed by atoms with Crippen molar-refractivity contribution in [2.75, 3.05) is 13.2 Å². The highest BCUT2D eigenvalue weighted by Crippen LogP contribution is 2.33. The van der Waals surface area contributed by atoms with Crippen molar-refractivity contribution in [3.8, 4) is 0 Å². The molecular formula is C13H22N2O3S. The molecule has 2 N–H and O–H groups in total. The first-order valence-electron chi connectivity index (χ1n) is 6.63.